The van der Waals surface area contributed by atoms with Gasteiger partial charge in [-0.2, -0.15) is 0 Å². The van der Waals surface area contributed by atoms with E-state index >= 15 is 0 Å². The van der Waals surface area contributed by atoms with Crippen LogP contribution in [0.3, 0.4) is 0 Å². The number of carbonyl (C=O) groups excluding carboxylic acids is 2. The molecule has 0 aliphatic heterocycles. The number of benzene rings is 1. The number of halogens is 1. The first kappa shape index (κ1) is 15.3. The fraction of sp³-hybridized carbons (Fsp3) is 0.333. The minimum Gasteiger partial charge on any atom is -0.507 e. The molecule has 1 amide bonds. The fourth-order valence-electron chi connectivity index (χ4n) is 1.62. The van der Waals surface area contributed by atoms with Gasteiger partial charge in [0.1, 0.15) is 11.3 Å². The number of nitrogens with one attached hydrogen (secondary N) is 1. The number of methoxy groups -OCH3 is 1. The van der Waals surface area contributed by atoms with Crippen molar-refractivity contribution in [2.75, 3.05) is 19.0 Å². The normalized spacial score (nSPS) is 10.1. The van der Waals surface area contributed by atoms with Gasteiger partial charge in [0.25, 0.3) is 0 Å². The lowest BCUT2D eigenvalue weighted by atomic mass is 10.0. The molecule has 0 spiro atoms. The lowest BCUT2D eigenvalue weighted by molar-refractivity contribution is -0.114. The van der Waals surface area contributed by atoms with Gasteiger partial charge in [0.15, 0.2) is 0 Å². The van der Waals surface area contributed by atoms with Crippen molar-refractivity contribution in [3.63, 3.8) is 0 Å². The summed E-state index contributed by atoms with van der Waals surface area (Å²) in [4.78, 5) is 22.6. The highest BCUT2D eigenvalue weighted by Crippen LogP contribution is 2.37. The van der Waals surface area contributed by atoms with Crippen molar-refractivity contribution in [2.24, 2.45) is 0 Å². The summed E-state index contributed by atoms with van der Waals surface area (Å²) in [6, 6.07) is 1.20. The lowest BCUT2D eigenvalue weighted by Crippen LogP contribution is -2.12. The maximum atomic E-state index is 11.5. The highest BCUT2D eigenvalue weighted by molar-refractivity contribution is 6.34. The zero-order chi connectivity index (χ0) is 14.6. The van der Waals surface area contributed by atoms with Gasteiger partial charge >= 0.3 is 5.97 Å². The third-order valence-electron chi connectivity index (χ3n) is 2.42. The highest BCUT2D eigenvalue weighted by atomic mass is 35.5. The van der Waals surface area contributed by atoms with Gasteiger partial charge in [-0.05, 0) is 6.07 Å². The third-order valence-corrected chi connectivity index (χ3v) is 2.72. The van der Waals surface area contributed by atoms with Crippen LogP contribution in [0.4, 0.5) is 5.69 Å². The summed E-state index contributed by atoms with van der Waals surface area (Å²) in [5.41, 5.74) is 0.240. The highest BCUT2D eigenvalue weighted by Gasteiger charge is 2.21. The molecule has 1 aromatic rings. The topological polar surface area (TPSA) is 95.9 Å². The molecule has 0 atom stereocenters. The second kappa shape index (κ2) is 6.40. The van der Waals surface area contributed by atoms with Crippen LogP contribution in [0.25, 0.3) is 0 Å². The molecule has 0 unspecified atom stereocenters. The van der Waals surface area contributed by atoms with Crippen LogP contribution in [-0.4, -0.2) is 35.8 Å². The summed E-state index contributed by atoms with van der Waals surface area (Å²) in [5.74, 6) is -1.51. The smallest absolute Gasteiger partial charge is 0.341 e. The Balaban J connectivity index is 3.45. The van der Waals surface area contributed by atoms with Crippen molar-refractivity contribution in [2.45, 2.75) is 13.3 Å². The number of hydrogen-bond acceptors (Lipinski definition) is 5. The Morgan fingerprint density at radius 1 is 1.47 bits per heavy atom. The van der Waals surface area contributed by atoms with Crippen molar-refractivity contribution < 1.29 is 24.5 Å². The molecule has 1 aromatic carbocycles. The van der Waals surface area contributed by atoms with Crippen LogP contribution in [0.2, 0.25) is 5.02 Å². The molecule has 3 N–H and O–H groups in total. The monoisotopic (exact) mass is 287 g/mol. The molecule has 6 nitrogen and oxygen atoms in total. The Labute approximate surface area is 114 Å². The summed E-state index contributed by atoms with van der Waals surface area (Å²) in [7, 11) is 1.17. The maximum absolute atomic E-state index is 11.5. The molecule has 0 heterocycles. The molecule has 0 aliphatic rings. The first-order valence-corrected chi connectivity index (χ1v) is 5.81. The summed E-state index contributed by atoms with van der Waals surface area (Å²) >= 11 is 5.97. The number of phenols is 1. The molecule has 104 valence electrons. The van der Waals surface area contributed by atoms with E-state index in [-0.39, 0.29) is 46.5 Å². The van der Waals surface area contributed by atoms with E-state index in [0.29, 0.717) is 0 Å². The minimum absolute atomic E-state index is 0.0337. The standard InChI is InChI=1S/C12H14ClNO5/c1-6(16)14-10-7(3-4-15)11(17)8(5-9(10)13)12(18)19-2/h5,15,17H,3-4H2,1-2H3,(H,14,16). The van der Waals surface area contributed by atoms with Crippen LogP contribution < -0.4 is 5.32 Å². The van der Waals surface area contributed by atoms with Gasteiger partial charge < -0.3 is 20.3 Å². The van der Waals surface area contributed by atoms with E-state index in [4.69, 9.17) is 16.7 Å². The summed E-state index contributed by atoms with van der Waals surface area (Å²) in [5, 5.41) is 21.6. The number of anilines is 1. The SMILES string of the molecule is COC(=O)c1cc(Cl)c(NC(C)=O)c(CCO)c1O. The second-order valence-corrected chi connectivity index (χ2v) is 4.16. The largest absolute Gasteiger partial charge is 0.507 e. The zero-order valence-electron chi connectivity index (χ0n) is 10.5. The van der Waals surface area contributed by atoms with E-state index in [1.807, 2.05) is 0 Å². The van der Waals surface area contributed by atoms with Gasteiger partial charge in [-0.15, -0.1) is 0 Å². The molecule has 0 fully saturated rings. The van der Waals surface area contributed by atoms with Crippen LogP contribution in [0, 0.1) is 0 Å². The second-order valence-electron chi connectivity index (χ2n) is 3.75. The Bertz CT molecular complexity index is 515. The third kappa shape index (κ3) is 3.36. The predicted octanol–water partition coefficient (Wildman–Crippen LogP) is 1.33. The van der Waals surface area contributed by atoms with E-state index in [2.05, 4.69) is 10.1 Å². The van der Waals surface area contributed by atoms with Crippen molar-refractivity contribution in [1.82, 2.24) is 0 Å². The molecule has 7 heteroatoms. The van der Waals surface area contributed by atoms with Gasteiger partial charge in [0.2, 0.25) is 5.91 Å². The van der Waals surface area contributed by atoms with Crippen LogP contribution in [0.5, 0.6) is 5.75 Å². The van der Waals surface area contributed by atoms with E-state index in [1.165, 1.54) is 20.1 Å². The van der Waals surface area contributed by atoms with E-state index in [0.717, 1.165) is 0 Å². The quantitative estimate of drug-likeness (QED) is 0.726. The van der Waals surface area contributed by atoms with Crippen molar-refractivity contribution in [1.29, 1.82) is 0 Å². The minimum atomic E-state index is -0.757. The number of carbonyl (C=O) groups is 2. The van der Waals surface area contributed by atoms with E-state index in [1.54, 1.807) is 0 Å². The number of hydrogen-bond donors (Lipinski definition) is 3. The first-order chi connectivity index (χ1) is 8.92. The number of aliphatic hydroxyl groups is 1. The Kier molecular flexibility index (Phi) is 5.14. The zero-order valence-corrected chi connectivity index (χ0v) is 11.2. The molecule has 1 rings (SSSR count). The number of phenolic OH excluding ortho intramolecular Hbond substituents is 1. The van der Waals surface area contributed by atoms with Crippen LogP contribution in [-0.2, 0) is 16.0 Å². The summed E-state index contributed by atoms with van der Waals surface area (Å²) in [6.07, 6.45) is 0.0337. The van der Waals surface area contributed by atoms with Gasteiger partial charge in [-0.3, -0.25) is 4.79 Å². The average Bonchev–Trinajstić information content (AvgIpc) is 2.36. The fourth-order valence-corrected chi connectivity index (χ4v) is 1.89. The lowest BCUT2D eigenvalue weighted by Gasteiger charge is -2.15. The molecular formula is C12H14ClNO5. The van der Waals surface area contributed by atoms with Crippen LogP contribution in [0.1, 0.15) is 22.8 Å². The Morgan fingerprint density at radius 3 is 2.58 bits per heavy atom. The van der Waals surface area contributed by atoms with E-state index in [9.17, 15) is 14.7 Å². The van der Waals surface area contributed by atoms with Crippen LogP contribution >= 0.6 is 11.6 Å². The number of ether oxygens (including phenoxy) is 1. The summed E-state index contributed by atoms with van der Waals surface area (Å²) in [6.45, 7) is 1.01. The van der Waals surface area contributed by atoms with E-state index < -0.39 is 5.97 Å². The summed E-state index contributed by atoms with van der Waals surface area (Å²) < 4.78 is 4.52. The average molecular weight is 288 g/mol. The number of aromatic hydroxyl groups is 1. The van der Waals surface area contributed by atoms with Crippen LogP contribution in [0.15, 0.2) is 6.07 Å². The number of rotatable bonds is 4. The Hall–Kier alpha value is -1.79. The van der Waals surface area contributed by atoms with Gasteiger partial charge in [-0.1, -0.05) is 11.6 Å². The predicted molar refractivity (Wildman–Crippen MR) is 69.5 cm³/mol. The molecular weight excluding hydrogens is 274 g/mol. The molecule has 0 radical (unpaired) electrons. The number of aliphatic hydroxyl groups excluding tert-OH is 1. The maximum Gasteiger partial charge on any atom is 0.341 e. The van der Waals surface area contributed by atoms with Crippen molar-refractivity contribution in [3.8, 4) is 5.75 Å². The van der Waals surface area contributed by atoms with Crippen molar-refractivity contribution in [3.05, 3.63) is 22.2 Å². The molecule has 0 aromatic heterocycles. The van der Waals surface area contributed by atoms with Crippen molar-refractivity contribution >= 4 is 29.2 Å². The van der Waals surface area contributed by atoms with Gasteiger partial charge in [0.05, 0.1) is 17.8 Å². The molecule has 19 heavy (non-hydrogen) atoms. The first-order valence-electron chi connectivity index (χ1n) is 5.43. The molecule has 0 bridgehead atoms. The van der Waals surface area contributed by atoms with Gasteiger partial charge in [-0.25, -0.2) is 4.79 Å². The Morgan fingerprint density at radius 2 is 2.11 bits per heavy atom. The van der Waals surface area contributed by atoms with Gasteiger partial charge in [0, 0.05) is 25.5 Å². The number of amides is 1. The molecule has 0 aliphatic carbocycles. The molecule has 0 saturated heterocycles. The molecule has 0 saturated carbocycles. The number of esters is 1.